The van der Waals surface area contributed by atoms with Crippen LogP contribution in [0.2, 0.25) is 0 Å². The van der Waals surface area contributed by atoms with Crippen molar-refractivity contribution in [3.05, 3.63) is 29.8 Å². The Balaban J connectivity index is 1.92. The number of amides is 1. The van der Waals surface area contributed by atoms with Crippen LogP contribution in [0.15, 0.2) is 24.3 Å². The van der Waals surface area contributed by atoms with Crippen LogP contribution >= 0.6 is 0 Å². The zero-order chi connectivity index (χ0) is 14.8. The van der Waals surface area contributed by atoms with Crippen molar-refractivity contribution in [3.63, 3.8) is 0 Å². The molecule has 0 saturated carbocycles. The molecule has 0 spiro atoms. The van der Waals surface area contributed by atoms with E-state index in [1.807, 2.05) is 24.3 Å². The van der Waals surface area contributed by atoms with Gasteiger partial charge in [0.1, 0.15) is 0 Å². The molecule has 0 radical (unpaired) electrons. The van der Waals surface area contributed by atoms with Crippen molar-refractivity contribution < 1.29 is 13.2 Å². The number of nitrogens with two attached hydrogens (primary N) is 1. The van der Waals surface area contributed by atoms with Crippen molar-refractivity contribution in [3.8, 4) is 0 Å². The molecule has 1 unspecified atom stereocenters. The zero-order valence-electron chi connectivity index (χ0n) is 11.6. The first-order valence-electron chi connectivity index (χ1n) is 6.72. The monoisotopic (exact) mass is 296 g/mol. The minimum absolute atomic E-state index is 0.00910. The topological polar surface area (TPSA) is 80.5 Å². The van der Waals surface area contributed by atoms with E-state index in [4.69, 9.17) is 5.73 Å². The molecule has 20 heavy (non-hydrogen) atoms. The first-order valence-corrected chi connectivity index (χ1v) is 8.54. The van der Waals surface area contributed by atoms with Gasteiger partial charge < -0.3 is 10.6 Å². The van der Waals surface area contributed by atoms with Crippen molar-refractivity contribution in [2.75, 3.05) is 23.8 Å². The van der Waals surface area contributed by atoms with Gasteiger partial charge in [0.05, 0.1) is 11.5 Å². The van der Waals surface area contributed by atoms with Crippen LogP contribution in [0, 0.1) is 0 Å². The lowest BCUT2D eigenvalue weighted by molar-refractivity contribution is -0.132. The first kappa shape index (κ1) is 14.8. The fraction of sp³-hybridized carbons (Fsp3) is 0.500. The molecular formula is C14H20N2O3S. The highest BCUT2D eigenvalue weighted by molar-refractivity contribution is 7.91. The quantitative estimate of drug-likeness (QED) is 0.838. The lowest BCUT2D eigenvalue weighted by Gasteiger charge is -2.33. The lowest BCUT2D eigenvalue weighted by atomic mass is 10.1. The highest BCUT2D eigenvalue weighted by atomic mass is 32.2. The molecule has 1 heterocycles. The van der Waals surface area contributed by atoms with E-state index in [0.29, 0.717) is 25.1 Å². The molecule has 1 saturated heterocycles. The molecule has 1 aromatic carbocycles. The highest BCUT2D eigenvalue weighted by Gasteiger charge is 2.30. The van der Waals surface area contributed by atoms with E-state index in [0.717, 1.165) is 5.56 Å². The van der Waals surface area contributed by atoms with Gasteiger partial charge in [0.25, 0.3) is 0 Å². The number of hydrogen-bond donors (Lipinski definition) is 1. The summed E-state index contributed by atoms with van der Waals surface area (Å²) in [6.07, 6.45) is 1.01. The maximum absolute atomic E-state index is 12.2. The van der Waals surface area contributed by atoms with Gasteiger partial charge in [-0.15, -0.1) is 0 Å². The maximum atomic E-state index is 12.2. The molecule has 2 N–H and O–H groups in total. The van der Waals surface area contributed by atoms with E-state index in [2.05, 4.69) is 0 Å². The Labute approximate surface area is 119 Å². The maximum Gasteiger partial charge on any atom is 0.223 e. The van der Waals surface area contributed by atoms with Gasteiger partial charge in [0.15, 0.2) is 9.84 Å². The molecule has 6 heteroatoms. The SMILES string of the molecule is CC1CS(=O)(=O)CCN1C(=O)CCc1cccc(N)c1. The van der Waals surface area contributed by atoms with Gasteiger partial charge in [-0.3, -0.25) is 4.79 Å². The van der Waals surface area contributed by atoms with Gasteiger partial charge >= 0.3 is 0 Å². The van der Waals surface area contributed by atoms with E-state index in [-0.39, 0.29) is 23.5 Å². The van der Waals surface area contributed by atoms with Gasteiger partial charge in [-0.1, -0.05) is 12.1 Å². The highest BCUT2D eigenvalue weighted by Crippen LogP contribution is 2.15. The van der Waals surface area contributed by atoms with E-state index in [9.17, 15) is 13.2 Å². The molecule has 1 aliphatic heterocycles. The van der Waals surface area contributed by atoms with Gasteiger partial charge in [-0.25, -0.2) is 8.42 Å². The zero-order valence-corrected chi connectivity index (χ0v) is 12.4. The summed E-state index contributed by atoms with van der Waals surface area (Å²) < 4.78 is 23.0. The Kier molecular flexibility index (Phi) is 4.32. The van der Waals surface area contributed by atoms with Crippen LogP contribution in [0.4, 0.5) is 5.69 Å². The van der Waals surface area contributed by atoms with Crippen LogP contribution in [0.1, 0.15) is 18.9 Å². The number of aryl methyl sites for hydroxylation is 1. The normalized spacial score (nSPS) is 21.6. The molecule has 1 aliphatic rings. The van der Waals surface area contributed by atoms with Crippen molar-refractivity contribution in [1.29, 1.82) is 0 Å². The second-order valence-electron chi connectivity index (χ2n) is 5.30. The number of nitrogen functional groups attached to an aromatic ring is 1. The van der Waals surface area contributed by atoms with E-state index in [1.54, 1.807) is 11.8 Å². The summed E-state index contributed by atoms with van der Waals surface area (Å²) in [5.74, 6) is 0.146. The average molecular weight is 296 g/mol. The largest absolute Gasteiger partial charge is 0.399 e. The Morgan fingerprint density at radius 3 is 2.85 bits per heavy atom. The molecule has 0 bridgehead atoms. The molecule has 1 atom stereocenters. The van der Waals surface area contributed by atoms with E-state index >= 15 is 0 Å². The van der Waals surface area contributed by atoms with E-state index in [1.165, 1.54) is 0 Å². The second kappa shape index (κ2) is 5.83. The fourth-order valence-corrected chi connectivity index (χ4v) is 4.07. The Bertz CT molecular complexity index is 598. The molecule has 110 valence electrons. The number of rotatable bonds is 3. The van der Waals surface area contributed by atoms with Crippen molar-refractivity contribution >= 4 is 21.4 Å². The Morgan fingerprint density at radius 2 is 2.20 bits per heavy atom. The van der Waals surface area contributed by atoms with Crippen LogP contribution in [-0.4, -0.2) is 43.3 Å². The molecule has 5 nitrogen and oxygen atoms in total. The number of carbonyl (C=O) groups is 1. The average Bonchev–Trinajstić information content (AvgIpc) is 2.35. The molecule has 0 aromatic heterocycles. The van der Waals surface area contributed by atoms with E-state index < -0.39 is 9.84 Å². The molecule has 1 fully saturated rings. The minimum Gasteiger partial charge on any atom is -0.399 e. The smallest absolute Gasteiger partial charge is 0.223 e. The molecule has 2 rings (SSSR count). The summed E-state index contributed by atoms with van der Waals surface area (Å²) in [6.45, 7) is 2.09. The van der Waals surface area contributed by atoms with Gasteiger partial charge in [-0.2, -0.15) is 0 Å². The summed E-state index contributed by atoms with van der Waals surface area (Å²) in [6, 6.07) is 7.24. The number of benzene rings is 1. The van der Waals surface area contributed by atoms with Crippen LogP contribution in [-0.2, 0) is 21.1 Å². The minimum atomic E-state index is -2.98. The fourth-order valence-electron chi connectivity index (χ4n) is 2.51. The number of anilines is 1. The van der Waals surface area contributed by atoms with Crippen molar-refractivity contribution in [2.24, 2.45) is 0 Å². The van der Waals surface area contributed by atoms with Gasteiger partial charge in [0.2, 0.25) is 5.91 Å². The third-order valence-electron chi connectivity index (χ3n) is 3.57. The predicted molar refractivity (Wildman–Crippen MR) is 79.0 cm³/mol. The number of carbonyl (C=O) groups excluding carboxylic acids is 1. The van der Waals surface area contributed by atoms with Crippen molar-refractivity contribution in [2.45, 2.75) is 25.8 Å². The predicted octanol–water partition coefficient (Wildman–Crippen LogP) is 0.847. The number of nitrogens with zero attached hydrogens (tertiary/aromatic N) is 1. The molecule has 0 aliphatic carbocycles. The molecule has 1 aromatic rings. The van der Waals surface area contributed by atoms with Crippen LogP contribution in [0.25, 0.3) is 0 Å². The Morgan fingerprint density at radius 1 is 1.45 bits per heavy atom. The lowest BCUT2D eigenvalue weighted by Crippen LogP contribution is -2.49. The molecule has 1 amide bonds. The van der Waals surface area contributed by atoms with Crippen LogP contribution in [0.3, 0.4) is 0 Å². The van der Waals surface area contributed by atoms with Gasteiger partial charge in [0, 0.05) is 24.7 Å². The Hall–Kier alpha value is -1.56. The summed E-state index contributed by atoms with van der Waals surface area (Å²) in [5.41, 5.74) is 7.41. The molecular weight excluding hydrogens is 276 g/mol. The number of sulfone groups is 1. The third-order valence-corrected chi connectivity index (χ3v) is 5.36. The third kappa shape index (κ3) is 3.72. The standard InChI is InChI=1S/C14H20N2O3S/c1-11-10-20(18,19)8-7-16(11)14(17)6-5-12-3-2-4-13(15)9-12/h2-4,9,11H,5-8,10,15H2,1H3. The van der Waals surface area contributed by atoms with Crippen LogP contribution < -0.4 is 5.73 Å². The first-order chi connectivity index (χ1) is 9.37. The summed E-state index contributed by atoms with van der Waals surface area (Å²) in [5, 5.41) is 0. The van der Waals surface area contributed by atoms with Crippen LogP contribution in [0.5, 0.6) is 0 Å². The van der Waals surface area contributed by atoms with Crippen molar-refractivity contribution in [1.82, 2.24) is 4.90 Å². The summed E-state index contributed by atoms with van der Waals surface area (Å²) in [7, 11) is -2.98. The van der Waals surface area contributed by atoms with Gasteiger partial charge in [-0.05, 0) is 31.0 Å². The number of hydrogen-bond acceptors (Lipinski definition) is 4. The second-order valence-corrected chi connectivity index (χ2v) is 7.52. The summed E-state index contributed by atoms with van der Waals surface area (Å²) >= 11 is 0. The summed E-state index contributed by atoms with van der Waals surface area (Å²) in [4.78, 5) is 13.9.